The molecule has 1 atom stereocenters. The Kier molecular flexibility index (Phi) is 8.06. The summed E-state index contributed by atoms with van der Waals surface area (Å²) < 4.78 is 5.31. The van der Waals surface area contributed by atoms with E-state index in [4.69, 9.17) is 4.52 Å². The topological polar surface area (TPSA) is 80.0 Å². The predicted molar refractivity (Wildman–Crippen MR) is 102 cm³/mol. The van der Waals surface area contributed by atoms with E-state index >= 15 is 0 Å². The van der Waals surface area contributed by atoms with Gasteiger partial charge in [0.25, 0.3) is 0 Å². The van der Waals surface area contributed by atoms with Gasteiger partial charge in [0.15, 0.2) is 5.82 Å². The van der Waals surface area contributed by atoms with E-state index in [0.717, 1.165) is 37.9 Å². The first-order valence-electron chi connectivity index (χ1n) is 9.07. The van der Waals surface area contributed by atoms with Crippen molar-refractivity contribution in [1.82, 2.24) is 20.8 Å². The van der Waals surface area contributed by atoms with Crippen molar-refractivity contribution in [1.29, 1.82) is 0 Å². The largest absolute Gasteiger partial charge is 0.346 e. The minimum atomic E-state index is -0.242. The SMILES string of the molecule is CC(NC(=O)CCC1CCNCC1)c1noc(Cc2ccccc2)n1.Cl. The van der Waals surface area contributed by atoms with Crippen molar-refractivity contribution >= 4 is 18.3 Å². The lowest BCUT2D eigenvalue weighted by molar-refractivity contribution is -0.122. The van der Waals surface area contributed by atoms with Crippen molar-refractivity contribution in [3.63, 3.8) is 0 Å². The lowest BCUT2D eigenvalue weighted by atomic mass is 9.93. The highest BCUT2D eigenvalue weighted by atomic mass is 35.5. The first-order valence-corrected chi connectivity index (χ1v) is 9.07. The van der Waals surface area contributed by atoms with Crippen LogP contribution in [0.5, 0.6) is 0 Å². The number of hydrogen-bond acceptors (Lipinski definition) is 5. The average Bonchev–Trinajstić information content (AvgIpc) is 3.10. The zero-order valence-corrected chi connectivity index (χ0v) is 15.9. The molecule has 0 bridgehead atoms. The Balaban J connectivity index is 0.00000243. The third-order valence-corrected chi connectivity index (χ3v) is 4.69. The number of nitrogens with one attached hydrogen (secondary N) is 2. The average molecular weight is 379 g/mol. The molecule has 6 nitrogen and oxygen atoms in total. The summed E-state index contributed by atoms with van der Waals surface area (Å²) >= 11 is 0. The minimum absolute atomic E-state index is 0. The second kappa shape index (κ2) is 10.3. The highest BCUT2D eigenvalue weighted by Crippen LogP contribution is 2.18. The Labute approximate surface area is 160 Å². The van der Waals surface area contributed by atoms with Gasteiger partial charge in [-0.05, 0) is 50.8 Å². The van der Waals surface area contributed by atoms with Crippen LogP contribution in [-0.2, 0) is 11.2 Å². The van der Waals surface area contributed by atoms with Crippen molar-refractivity contribution in [3.05, 3.63) is 47.6 Å². The standard InChI is InChI=1S/C19H26N4O2.ClH/c1-14(21-17(24)8-7-15-9-11-20-12-10-15)19-22-18(25-23-19)13-16-5-3-2-4-6-16;/h2-6,14-15,20H,7-13H2,1H3,(H,21,24);1H. The fraction of sp³-hybridized carbons (Fsp3) is 0.526. The number of halogens is 1. The second-order valence-corrected chi connectivity index (χ2v) is 6.73. The van der Waals surface area contributed by atoms with Crippen LogP contribution in [0.15, 0.2) is 34.9 Å². The van der Waals surface area contributed by atoms with Crippen molar-refractivity contribution in [2.24, 2.45) is 5.92 Å². The molecule has 0 radical (unpaired) electrons. The Hall–Kier alpha value is -1.92. The van der Waals surface area contributed by atoms with E-state index in [0.29, 0.717) is 30.5 Å². The second-order valence-electron chi connectivity index (χ2n) is 6.73. The molecule has 2 aromatic rings. The molecule has 142 valence electrons. The summed E-state index contributed by atoms with van der Waals surface area (Å²) in [4.78, 5) is 16.6. The van der Waals surface area contributed by atoms with Gasteiger partial charge in [0.05, 0.1) is 12.5 Å². The maximum absolute atomic E-state index is 12.2. The first-order chi connectivity index (χ1) is 12.2. The van der Waals surface area contributed by atoms with E-state index < -0.39 is 0 Å². The van der Waals surface area contributed by atoms with E-state index in [1.807, 2.05) is 37.3 Å². The molecule has 1 fully saturated rings. The Morgan fingerprint density at radius 3 is 2.77 bits per heavy atom. The van der Waals surface area contributed by atoms with Gasteiger partial charge in [0.2, 0.25) is 11.8 Å². The third-order valence-electron chi connectivity index (χ3n) is 4.69. The third kappa shape index (κ3) is 6.11. The van der Waals surface area contributed by atoms with Crippen molar-refractivity contribution in [2.45, 2.75) is 45.1 Å². The molecule has 2 N–H and O–H groups in total. The van der Waals surface area contributed by atoms with Gasteiger partial charge < -0.3 is 15.2 Å². The molecule has 1 aliphatic rings. The van der Waals surface area contributed by atoms with Gasteiger partial charge in [0.1, 0.15) is 0 Å². The fourth-order valence-corrected chi connectivity index (χ4v) is 3.17. The molecule has 1 aromatic heterocycles. The molecule has 0 aliphatic carbocycles. The minimum Gasteiger partial charge on any atom is -0.346 e. The van der Waals surface area contributed by atoms with Crippen LogP contribution < -0.4 is 10.6 Å². The fourth-order valence-electron chi connectivity index (χ4n) is 3.17. The van der Waals surface area contributed by atoms with Crippen molar-refractivity contribution < 1.29 is 9.32 Å². The monoisotopic (exact) mass is 378 g/mol. The quantitative estimate of drug-likeness (QED) is 0.774. The number of rotatable bonds is 7. The highest BCUT2D eigenvalue weighted by Gasteiger charge is 2.18. The number of nitrogens with zero attached hydrogens (tertiary/aromatic N) is 2. The van der Waals surface area contributed by atoms with E-state index in [1.54, 1.807) is 0 Å². The normalized spacial score (nSPS) is 15.9. The number of benzene rings is 1. The van der Waals surface area contributed by atoms with Crippen LogP contribution in [0, 0.1) is 5.92 Å². The molecule has 1 aromatic carbocycles. The molecule has 1 aliphatic heterocycles. The molecule has 1 amide bonds. The van der Waals surface area contributed by atoms with Crippen LogP contribution in [0.1, 0.15) is 55.9 Å². The smallest absolute Gasteiger partial charge is 0.231 e. The summed E-state index contributed by atoms with van der Waals surface area (Å²) in [6.07, 6.45) is 4.44. The van der Waals surface area contributed by atoms with E-state index in [1.165, 1.54) is 0 Å². The molecule has 0 saturated carbocycles. The van der Waals surface area contributed by atoms with Gasteiger partial charge in [0, 0.05) is 6.42 Å². The maximum atomic E-state index is 12.2. The molecule has 3 rings (SSSR count). The zero-order chi connectivity index (χ0) is 17.5. The molecular weight excluding hydrogens is 352 g/mol. The predicted octanol–water partition coefficient (Wildman–Crippen LogP) is 3.04. The lowest BCUT2D eigenvalue weighted by Gasteiger charge is -2.22. The number of piperidine rings is 1. The van der Waals surface area contributed by atoms with Gasteiger partial charge in [-0.1, -0.05) is 35.5 Å². The van der Waals surface area contributed by atoms with Crippen LogP contribution >= 0.6 is 12.4 Å². The van der Waals surface area contributed by atoms with Gasteiger partial charge in [-0.15, -0.1) is 12.4 Å². The molecule has 0 spiro atoms. The summed E-state index contributed by atoms with van der Waals surface area (Å²) in [6, 6.07) is 9.75. The first kappa shape index (κ1) is 20.4. The van der Waals surface area contributed by atoms with Gasteiger partial charge in [-0.2, -0.15) is 4.98 Å². The van der Waals surface area contributed by atoms with Gasteiger partial charge >= 0.3 is 0 Å². The van der Waals surface area contributed by atoms with Crippen LogP contribution in [0.4, 0.5) is 0 Å². The molecule has 26 heavy (non-hydrogen) atoms. The lowest BCUT2D eigenvalue weighted by Crippen LogP contribution is -2.30. The van der Waals surface area contributed by atoms with E-state index in [9.17, 15) is 4.79 Å². The molecule has 7 heteroatoms. The number of carbonyl (C=O) groups excluding carboxylic acids is 1. The van der Waals surface area contributed by atoms with Gasteiger partial charge in [-0.3, -0.25) is 4.79 Å². The van der Waals surface area contributed by atoms with Crippen LogP contribution in [0.25, 0.3) is 0 Å². The Morgan fingerprint density at radius 1 is 1.31 bits per heavy atom. The van der Waals surface area contributed by atoms with Crippen LogP contribution in [0.3, 0.4) is 0 Å². The summed E-state index contributed by atoms with van der Waals surface area (Å²) in [5.74, 6) is 1.81. The number of hydrogen-bond donors (Lipinski definition) is 2. The number of amides is 1. The van der Waals surface area contributed by atoms with Crippen molar-refractivity contribution in [2.75, 3.05) is 13.1 Å². The zero-order valence-electron chi connectivity index (χ0n) is 15.1. The molecule has 1 saturated heterocycles. The summed E-state index contributed by atoms with van der Waals surface area (Å²) in [5.41, 5.74) is 1.12. The summed E-state index contributed by atoms with van der Waals surface area (Å²) in [7, 11) is 0. The molecule has 1 unspecified atom stereocenters. The maximum Gasteiger partial charge on any atom is 0.231 e. The highest BCUT2D eigenvalue weighted by molar-refractivity contribution is 5.85. The summed E-state index contributed by atoms with van der Waals surface area (Å²) in [5, 5.41) is 10.3. The Morgan fingerprint density at radius 2 is 2.04 bits per heavy atom. The molecular formula is C19H27ClN4O2. The Bertz CT molecular complexity index is 671. The van der Waals surface area contributed by atoms with Crippen LogP contribution in [-0.4, -0.2) is 29.1 Å². The number of aromatic nitrogens is 2. The van der Waals surface area contributed by atoms with E-state index in [2.05, 4.69) is 20.8 Å². The van der Waals surface area contributed by atoms with Gasteiger partial charge in [-0.25, -0.2) is 0 Å². The van der Waals surface area contributed by atoms with E-state index in [-0.39, 0.29) is 24.4 Å². The summed E-state index contributed by atoms with van der Waals surface area (Å²) in [6.45, 7) is 4.02. The molecule has 2 heterocycles. The van der Waals surface area contributed by atoms with Crippen LogP contribution in [0.2, 0.25) is 0 Å². The number of carbonyl (C=O) groups is 1. The van der Waals surface area contributed by atoms with Crippen molar-refractivity contribution in [3.8, 4) is 0 Å².